The van der Waals surface area contributed by atoms with Crippen LogP contribution in [-0.4, -0.2) is 28.8 Å². The van der Waals surface area contributed by atoms with Gasteiger partial charge < -0.3 is 19.8 Å². The maximum absolute atomic E-state index is 12.9. The molecule has 0 aromatic heterocycles. The smallest absolute Gasteiger partial charge is 0.235 e. The van der Waals surface area contributed by atoms with E-state index < -0.39 is 18.1 Å². The summed E-state index contributed by atoms with van der Waals surface area (Å²) in [5.74, 6) is -0.669. The Morgan fingerprint density at radius 2 is 1.90 bits per heavy atom. The Labute approximate surface area is 168 Å². The van der Waals surface area contributed by atoms with Crippen LogP contribution in [0.1, 0.15) is 11.6 Å². The number of aliphatic hydroxyl groups excluding tert-OH is 1. The highest BCUT2D eigenvalue weighted by Gasteiger charge is 2.52. The summed E-state index contributed by atoms with van der Waals surface area (Å²) in [6.07, 6.45) is 3.21. The molecule has 0 radical (unpaired) electrons. The summed E-state index contributed by atoms with van der Waals surface area (Å²) in [4.78, 5) is 14.5. The lowest BCUT2D eigenvalue weighted by Gasteiger charge is -2.49. The molecular weight excluding hydrogens is 373 g/mol. The van der Waals surface area contributed by atoms with E-state index in [1.165, 1.54) is 24.3 Å². The van der Waals surface area contributed by atoms with E-state index in [4.69, 9.17) is 4.74 Å². The third kappa shape index (κ3) is 4.38. The molecule has 0 spiro atoms. The maximum Gasteiger partial charge on any atom is 0.235 e. The van der Waals surface area contributed by atoms with Crippen LogP contribution in [0.15, 0.2) is 91.5 Å². The maximum atomic E-state index is 12.9. The van der Waals surface area contributed by atoms with Crippen LogP contribution in [0.2, 0.25) is 0 Å². The number of phenolic OH excluding ortho intramolecular Hbond substituents is 1. The van der Waals surface area contributed by atoms with Crippen molar-refractivity contribution in [3.8, 4) is 5.75 Å². The lowest BCUT2D eigenvalue weighted by molar-refractivity contribution is -0.137. The molecule has 1 heterocycles. The highest BCUT2D eigenvalue weighted by molar-refractivity contribution is 6.03. The number of carbonyl (C=O) groups is 1. The van der Waals surface area contributed by atoms with E-state index >= 15 is 0 Å². The number of ether oxygens (including phenoxy) is 1. The predicted octanol–water partition coefficient (Wildman–Crippen LogP) is 4.03. The molecule has 2 aromatic carbocycles. The molecular formula is C23H22FNO4. The van der Waals surface area contributed by atoms with Crippen molar-refractivity contribution in [2.75, 3.05) is 11.5 Å². The van der Waals surface area contributed by atoms with Gasteiger partial charge in [0.25, 0.3) is 0 Å². The quantitative estimate of drug-likeness (QED) is 0.402. The molecule has 2 N–H and O–H groups in total. The van der Waals surface area contributed by atoms with Crippen LogP contribution < -0.4 is 4.90 Å². The number of phenols is 1. The van der Waals surface area contributed by atoms with E-state index in [9.17, 15) is 19.4 Å². The first-order chi connectivity index (χ1) is 14.1. The van der Waals surface area contributed by atoms with Crippen LogP contribution in [-0.2, 0) is 9.53 Å². The SMILES string of the molecule is C=C/C=C(\C=C/F)OCC(O)C1C(=O)N(c2ccccc2)C1c1ccc(O)cc1. The van der Waals surface area contributed by atoms with Gasteiger partial charge in [-0.3, -0.25) is 4.79 Å². The molecule has 2 aromatic rings. The number of β-lactam (4-membered cyclic amide) rings is 1. The van der Waals surface area contributed by atoms with Crippen molar-refractivity contribution in [3.05, 3.63) is 97.1 Å². The second-order valence-electron chi connectivity index (χ2n) is 6.58. The third-order valence-corrected chi connectivity index (χ3v) is 4.75. The van der Waals surface area contributed by atoms with E-state index in [-0.39, 0.29) is 24.0 Å². The predicted molar refractivity (Wildman–Crippen MR) is 109 cm³/mol. The first-order valence-electron chi connectivity index (χ1n) is 9.14. The van der Waals surface area contributed by atoms with Gasteiger partial charge >= 0.3 is 0 Å². The Balaban J connectivity index is 1.84. The average molecular weight is 395 g/mol. The Kier molecular flexibility index (Phi) is 6.46. The fourth-order valence-corrected chi connectivity index (χ4v) is 3.41. The van der Waals surface area contributed by atoms with Gasteiger partial charge in [-0.25, -0.2) is 4.39 Å². The summed E-state index contributed by atoms with van der Waals surface area (Å²) < 4.78 is 17.9. The van der Waals surface area contributed by atoms with Gasteiger partial charge in [0.1, 0.15) is 24.2 Å². The molecule has 3 unspecified atom stereocenters. The zero-order chi connectivity index (χ0) is 20.8. The number of hydrogen-bond acceptors (Lipinski definition) is 4. The Bertz CT molecular complexity index is 908. The number of benzene rings is 2. The van der Waals surface area contributed by atoms with Gasteiger partial charge in [0.15, 0.2) is 0 Å². The van der Waals surface area contributed by atoms with Gasteiger partial charge in [-0.15, -0.1) is 0 Å². The second kappa shape index (κ2) is 9.21. The van der Waals surface area contributed by atoms with Gasteiger partial charge in [0.05, 0.1) is 18.3 Å². The van der Waals surface area contributed by atoms with E-state index in [0.29, 0.717) is 12.0 Å². The molecule has 3 atom stereocenters. The van der Waals surface area contributed by atoms with Gasteiger partial charge in [0, 0.05) is 11.8 Å². The molecule has 1 fully saturated rings. The van der Waals surface area contributed by atoms with E-state index in [0.717, 1.165) is 11.6 Å². The van der Waals surface area contributed by atoms with Crippen LogP contribution >= 0.6 is 0 Å². The monoisotopic (exact) mass is 395 g/mol. The van der Waals surface area contributed by atoms with Crippen LogP contribution in [0.4, 0.5) is 10.1 Å². The molecule has 0 bridgehead atoms. The number of aliphatic hydroxyl groups is 1. The third-order valence-electron chi connectivity index (χ3n) is 4.75. The number of rotatable bonds is 8. The summed E-state index contributed by atoms with van der Waals surface area (Å²) in [6, 6.07) is 15.3. The molecule has 1 amide bonds. The number of nitrogens with zero attached hydrogens (tertiary/aromatic N) is 1. The number of carbonyl (C=O) groups excluding carboxylic acids is 1. The molecule has 6 heteroatoms. The molecule has 0 saturated carbocycles. The van der Waals surface area contributed by atoms with Crippen molar-refractivity contribution >= 4 is 11.6 Å². The number of amides is 1. The Morgan fingerprint density at radius 3 is 2.52 bits per heavy atom. The molecule has 5 nitrogen and oxygen atoms in total. The molecule has 150 valence electrons. The van der Waals surface area contributed by atoms with Crippen LogP contribution in [0.25, 0.3) is 0 Å². The second-order valence-corrected chi connectivity index (χ2v) is 6.58. The van der Waals surface area contributed by atoms with Crippen LogP contribution in [0, 0.1) is 5.92 Å². The number of halogens is 1. The van der Waals surface area contributed by atoms with Gasteiger partial charge in [0.2, 0.25) is 5.91 Å². The highest BCUT2D eigenvalue weighted by Crippen LogP contribution is 2.45. The normalized spacial score (nSPS) is 20.4. The first kappa shape index (κ1) is 20.4. The fraction of sp³-hybridized carbons (Fsp3) is 0.174. The number of para-hydroxylation sites is 1. The van der Waals surface area contributed by atoms with Crippen molar-refractivity contribution < 1.29 is 24.1 Å². The number of aromatic hydroxyl groups is 1. The molecule has 3 rings (SSSR count). The average Bonchev–Trinajstić information content (AvgIpc) is 2.72. The Morgan fingerprint density at radius 1 is 1.21 bits per heavy atom. The molecule has 1 aliphatic heterocycles. The number of anilines is 1. The highest BCUT2D eigenvalue weighted by atomic mass is 19.1. The zero-order valence-corrected chi connectivity index (χ0v) is 15.7. The van der Waals surface area contributed by atoms with E-state index in [1.807, 2.05) is 30.3 Å². The number of hydrogen-bond donors (Lipinski definition) is 2. The summed E-state index contributed by atoms with van der Waals surface area (Å²) in [7, 11) is 0. The van der Waals surface area contributed by atoms with Crippen molar-refractivity contribution in [3.63, 3.8) is 0 Å². The minimum absolute atomic E-state index is 0.114. The topological polar surface area (TPSA) is 70.0 Å². The Hall–Kier alpha value is -3.38. The largest absolute Gasteiger partial charge is 0.508 e. The van der Waals surface area contributed by atoms with Crippen molar-refractivity contribution in [1.29, 1.82) is 0 Å². The lowest BCUT2D eigenvalue weighted by atomic mass is 9.78. The molecule has 1 saturated heterocycles. The minimum Gasteiger partial charge on any atom is -0.508 e. The molecule has 0 aliphatic carbocycles. The van der Waals surface area contributed by atoms with Gasteiger partial charge in [-0.1, -0.05) is 43.0 Å². The summed E-state index contributed by atoms with van der Waals surface area (Å²) in [6.45, 7) is 3.35. The summed E-state index contributed by atoms with van der Waals surface area (Å²) >= 11 is 0. The molecule has 1 aliphatic rings. The van der Waals surface area contributed by atoms with Crippen LogP contribution in [0.3, 0.4) is 0 Å². The standard InChI is InChI=1S/C23H22FNO4/c1-2-6-19(13-14-24)29-15-20(27)21-22(16-9-11-18(26)12-10-16)25(23(21)28)17-7-4-3-5-8-17/h2-14,20-22,26-27H,1,15H2/b14-13-,19-6+. The van der Waals surface area contributed by atoms with Crippen molar-refractivity contribution in [2.24, 2.45) is 5.92 Å². The first-order valence-corrected chi connectivity index (χ1v) is 9.14. The number of allylic oxidation sites excluding steroid dienone is 3. The minimum atomic E-state index is -1.11. The van der Waals surface area contributed by atoms with Crippen molar-refractivity contribution in [1.82, 2.24) is 0 Å². The lowest BCUT2D eigenvalue weighted by Crippen LogP contribution is -2.60. The van der Waals surface area contributed by atoms with Crippen LogP contribution in [0.5, 0.6) is 5.75 Å². The summed E-state index contributed by atoms with van der Waals surface area (Å²) in [5, 5.41) is 20.3. The zero-order valence-electron chi connectivity index (χ0n) is 15.7. The van der Waals surface area contributed by atoms with Crippen molar-refractivity contribution in [2.45, 2.75) is 12.1 Å². The van der Waals surface area contributed by atoms with Gasteiger partial charge in [-0.2, -0.15) is 0 Å². The van der Waals surface area contributed by atoms with E-state index in [1.54, 1.807) is 17.0 Å². The summed E-state index contributed by atoms with van der Waals surface area (Å²) in [5.41, 5.74) is 1.49. The molecule has 29 heavy (non-hydrogen) atoms. The fourth-order valence-electron chi connectivity index (χ4n) is 3.41. The van der Waals surface area contributed by atoms with Gasteiger partial charge in [-0.05, 0) is 35.9 Å². The van der Waals surface area contributed by atoms with E-state index in [2.05, 4.69) is 6.58 Å².